The first-order valence-electron chi connectivity index (χ1n) is 6.64. The van der Waals surface area contributed by atoms with Crippen LogP contribution in [0.4, 0.5) is 0 Å². The summed E-state index contributed by atoms with van der Waals surface area (Å²) in [6.07, 6.45) is 0.344. The molecule has 2 atom stereocenters. The second-order valence-corrected chi connectivity index (χ2v) is 5.28. The minimum Gasteiger partial charge on any atom is -0.495 e. The van der Waals surface area contributed by atoms with E-state index >= 15 is 0 Å². The zero-order chi connectivity index (χ0) is 14.9. The van der Waals surface area contributed by atoms with Gasteiger partial charge in [-0.1, -0.05) is 6.07 Å². The van der Waals surface area contributed by atoms with Crippen LogP contribution in [-0.4, -0.2) is 30.0 Å². The Morgan fingerprint density at radius 2 is 2.20 bits per heavy atom. The zero-order valence-corrected chi connectivity index (χ0v) is 12.0. The second-order valence-electron chi connectivity index (χ2n) is 5.28. The van der Waals surface area contributed by atoms with E-state index in [-0.39, 0.29) is 24.0 Å². The molecule has 1 aliphatic heterocycles. The highest BCUT2D eigenvalue weighted by Crippen LogP contribution is 2.35. The van der Waals surface area contributed by atoms with Crippen molar-refractivity contribution < 1.29 is 9.53 Å². The molecular formula is C15H19N3O2. The maximum Gasteiger partial charge on any atom is 0.225 e. The van der Waals surface area contributed by atoms with Crippen molar-refractivity contribution in [3.8, 4) is 11.8 Å². The molecular weight excluding hydrogens is 254 g/mol. The Labute approximate surface area is 118 Å². The molecule has 2 rings (SSSR count). The largest absolute Gasteiger partial charge is 0.495 e. The number of amides is 1. The molecule has 5 nitrogen and oxygen atoms in total. The molecule has 20 heavy (non-hydrogen) atoms. The van der Waals surface area contributed by atoms with Gasteiger partial charge in [0.25, 0.3) is 0 Å². The van der Waals surface area contributed by atoms with Crippen LogP contribution in [0.3, 0.4) is 0 Å². The number of ether oxygens (including phenoxy) is 1. The highest BCUT2D eigenvalue weighted by molar-refractivity contribution is 5.80. The lowest BCUT2D eigenvalue weighted by Crippen LogP contribution is -2.37. The van der Waals surface area contributed by atoms with Crippen LogP contribution >= 0.6 is 0 Å². The Balaban J connectivity index is 2.44. The van der Waals surface area contributed by atoms with Crippen LogP contribution in [-0.2, 0) is 4.79 Å². The maximum atomic E-state index is 12.0. The van der Waals surface area contributed by atoms with Crippen LogP contribution in [0.1, 0.15) is 37.4 Å². The van der Waals surface area contributed by atoms with Crippen LogP contribution in [0.5, 0.6) is 5.75 Å². The number of likely N-dealkylation sites (tertiary alicyclic amines) is 1. The summed E-state index contributed by atoms with van der Waals surface area (Å²) >= 11 is 0. The topological polar surface area (TPSA) is 79.3 Å². The smallest absolute Gasteiger partial charge is 0.225 e. The average Bonchev–Trinajstić information content (AvgIpc) is 2.72. The van der Waals surface area contributed by atoms with Gasteiger partial charge in [0.1, 0.15) is 11.8 Å². The van der Waals surface area contributed by atoms with E-state index in [4.69, 9.17) is 15.7 Å². The van der Waals surface area contributed by atoms with E-state index in [1.54, 1.807) is 17.0 Å². The molecule has 0 aliphatic carbocycles. The van der Waals surface area contributed by atoms with Gasteiger partial charge in [0.2, 0.25) is 5.91 Å². The van der Waals surface area contributed by atoms with Gasteiger partial charge in [-0.05, 0) is 31.5 Å². The van der Waals surface area contributed by atoms with Gasteiger partial charge in [-0.25, -0.2) is 0 Å². The average molecular weight is 273 g/mol. The lowest BCUT2D eigenvalue weighted by Gasteiger charge is -2.31. The summed E-state index contributed by atoms with van der Waals surface area (Å²) in [5.41, 5.74) is 7.46. The Bertz CT molecular complexity index is 563. The summed E-state index contributed by atoms with van der Waals surface area (Å²) in [6, 6.07) is 7.15. The van der Waals surface area contributed by atoms with Crippen molar-refractivity contribution in [1.82, 2.24) is 4.90 Å². The zero-order valence-electron chi connectivity index (χ0n) is 12.0. The van der Waals surface area contributed by atoms with Crippen molar-refractivity contribution in [1.29, 1.82) is 5.26 Å². The number of nitriles is 1. The van der Waals surface area contributed by atoms with Gasteiger partial charge >= 0.3 is 0 Å². The van der Waals surface area contributed by atoms with Gasteiger partial charge in [-0.2, -0.15) is 5.26 Å². The number of benzene rings is 1. The highest BCUT2D eigenvalue weighted by Gasteiger charge is 2.40. The molecule has 1 heterocycles. The highest BCUT2D eigenvalue weighted by atomic mass is 16.5. The number of hydrogen-bond donors (Lipinski definition) is 1. The van der Waals surface area contributed by atoms with Crippen molar-refractivity contribution in [2.75, 3.05) is 7.11 Å². The third-order valence-corrected chi connectivity index (χ3v) is 3.65. The predicted octanol–water partition coefficient (Wildman–Crippen LogP) is 1.58. The fraction of sp³-hybridized carbons (Fsp3) is 0.467. The van der Waals surface area contributed by atoms with Gasteiger partial charge in [0.15, 0.2) is 0 Å². The minimum absolute atomic E-state index is 0.0619. The third kappa shape index (κ3) is 2.35. The normalized spacial score (nSPS) is 22.2. The van der Waals surface area contributed by atoms with E-state index in [9.17, 15) is 4.79 Å². The lowest BCUT2D eigenvalue weighted by atomic mass is 9.98. The van der Waals surface area contributed by atoms with E-state index < -0.39 is 0 Å². The lowest BCUT2D eigenvalue weighted by molar-refractivity contribution is -0.130. The molecule has 2 unspecified atom stereocenters. The first-order chi connectivity index (χ1) is 9.49. The van der Waals surface area contributed by atoms with Crippen molar-refractivity contribution in [3.05, 3.63) is 29.3 Å². The molecule has 5 heteroatoms. The standard InChI is InChI=1S/C15H19N3O2/c1-9(2)18-14(19)7-12(17)15(18)10-4-5-13(20-3)11(6-10)8-16/h4-6,9,12,15H,7,17H2,1-3H3. The Morgan fingerprint density at radius 1 is 1.50 bits per heavy atom. The first-order valence-corrected chi connectivity index (χ1v) is 6.64. The number of nitrogens with two attached hydrogens (primary N) is 1. The summed E-state index contributed by atoms with van der Waals surface area (Å²) in [5.74, 6) is 0.595. The molecule has 1 saturated heterocycles. The quantitative estimate of drug-likeness (QED) is 0.906. The summed E-state index contributed by atoms with van der Waals surface area (Å²) in [4.78, 5) is 13.8. The molecule has 1 aliphatic rings. The summed E-state index contributed by atoms with van der Waals surface area (Å²) < 4.78 is 5.14. The van der Waals surface area contributed by atoms with Crippen LogP contribution in [0.2, 0.25) is 0 Å². The molecule has 0 saturated carbocycles. The van der Waals surface area contributed by atoms with Gasteiger partial charge in [0, 0.05) is 18.5 Å². The molecule has 2 N–H and O–H groups in total. The molecule has 106 valence electrons. The fourth-order valence-electron chi connectivity index (χ4n) is 2.79. The number of hydrogen-bond acceptors (Lipinski definition) is 4. The van der Waals surface area contributed by atoms with Crippen LogP contribution < -0.4 is 10.5 Å². The summed E-state index contributed by atoms with van der Waals surface area (Å²) in [5, 5.41) is 9.17. The molecule has 0 aromatic heterocycles. The molecule has 1 aromatic rings. The van der Waals surface area contributed by atoms with Crippen LogP contribution in [0.15, 0.2) is 18.2 Å². The monoisotopic (exact) mass is 273 g/mol. The van der Waals surface area contributed by atoms with Crippen molar-refractivity contribution in [2.24, 2.45) is 5.73 Å². The Kier molecular flexibility index (Phi) is 3.96. The molecule has 0 spiro atoms. The number of carbonyl (C=O) groups is 1. The van der Waals surface area contributed by atoms with Gasteiger partial charge in [-0.3, -0.25) is 4.79 Å². The Morgan fingerprint density at radius 3 is 2.75 bits per heavy atom. The van der Waals surface area contributed by atoms with Crippen molar-refractivity contribution in [3.63, 3.8) is 0 Å². The van der Waals surface area contributed by atoms with Crippen molar-refractivity contribution >= 4 is 5.91 Å². The fourth-order valence-corrected chi connectivity index (χ4v) is 2.79. The number of methoxy groups -OCH3 is 1. The van der Waals surface area contributed by atoms with E-state index in [2.05, 4.69) is 6.07 Å². The molecule has 0 bridgehead atoms. The Hall–Kier alpha value is -2.06. The molecule has 1 fully saturated rings. The first kappa shape index (κ1) is 14.4. The van der Waals surface area contributed by atoms with E-state index in [1.165, 1.54) is 7.11 Å². The number of nitrogens with zero attached hydrogens (tertiary/aromatic N) is 2. The SMILES string of the molecule is COc1ccc(C2C(N)CC(=O)N2C(C)C)cc1C#N. The summed E-state index contributed by atoms with van der Waals surface area (Å²) in [6.45, 7) is 3.94. The number of carbonyl (C=O) groups excluding carboxylic acids is 1. The molecule has 1 aromatic carbocycles. The number of rotatable bonds is 3. The van der Waals surface area contributed by atoms with E-state index in [0.29, 0.717) is 17.7 Å². The second kappa shape index (κ2) is 5.51. The van der Waals surface area contributed by atoms with E-state index in [0.717, 1.165) is 5.56 Å². The van der Waals surface area contributed by atoms with Gasteiger partial charge < -0.3 is 15.4 Å². The van der Waals surface area contributed by atoms with Crippen LogP contribution in [0, 0.1) is 11.3 Å². The molecule has 1 amide bonds. The van der Waals surface area contributed by atoms with Crippen LogP contribution in [0.25, 0.3) is 0 Å². The molecule has 0 radical (unpaired) electrons. The minimum atomic E-state index is -0.246. The van der Waals surface area contributed by atoms with E-state index in [1.807, 2.05) is 19.9 Å². The maximum absolute atomic E-state index is 12.0. The summed E-state index contributed by atoms with van der Waals surface area (Å²) in [7, 11) is 1.53. The van der Waals surface area contributed by atoms with Crippen molar-refractivity contribution in [2.45, 2.75) is 38.4 Å². The van der Waals surface area contributed by atoms with Gasteiger partial charge in [0.05, 0.1) is 18.7 Å². The van der Waals surface area contributed by atoms with Gasteiger partial charge in [-0.15, -0.1) is 0 Å². The predicted molar refractivity (Wildman–Crippen MR) is 75.0 cm³/mol. The third-order valence-electron chi connectivity index (χ3n) is 3.65.